The standard InChI is InChI=1S/C26H24ClF3N2O/c27-22-10-5-4-9-21(22)23-11-6-16-32(23)25(33)24(31-17-18-7-2-1-3-8-18)19-12-14-20(15-13-19)26(28,29)30/h1-5,7-10,12-15,23-24,31H,6,11,16-17H2. The summed E-state index contributed by atoms with van der Waals surface area (Å²) in [6.45, 7) is 0.974. The molecule has 7 heteroatoms. The molecule has 3 aromatic carbocycles. The molecule has 1 fully saturated rings. The topological polar surface area (TPSA) is 32.3 Å². The summed E-state index contributed by atoms with van der Waals surface area (Å²) in [5.41, 5.74) is 1.62. The van der Waals surface area contributed by atoms with Crippen LogP contribution < -0.4 is 5.32 Å². The summed E-state index contributed by atoms with van der Waals surface area (Å²) in [5.74, 6) is -0.173. The summed E-state index contributed by atoms with van der Waals surface area (Å²) in [6.07, 6.45) is -2.81. The minimum Gasteiger partial charge on any atom is -0.334 e. The van der Waals surface area contributed by atoms with Crippen LogP contribution in [0.1, 0.15) is 47.2 Å². The third-order valence-corrected chi connectivity index (χ3v) is 6.32. The van der Waals surface area contributed by atoms with Crippen LogP contribution in [0.2, 0.25) is 5.02 Å². The van der Waals surface area contributed by atoms with Crippen LogP contribution in [0.25, 0.3) is 0 Å². The van der Waals surface area contributed by atoms with Crippen molar-refractivity contribution in [2.45, 2.75) is 37.6 Å². The maximum Gasteiger partial charge on any atom is 0.416 e. The number of carbonyl (C=O) groups excluding carboxylic acids is 1. The Bertz CT molecular complexity index is 1090. The van der Waals surface area contributed by atoms with Gasteiger partial charge in [0.2, 0.25) is 5.91 Å². The lowest BCUT2D eigenvalue weighted by Gasteiger charge is -2.30. The predicted octanol–water partition coefficient (Wildman–Crippen LogP) is 6.55. The van der Waals surface area contributed by atoms with Gasteiger partial charge >= 0.3 is 6.18 Å². The highest BCUT2D eigenvalue weighted by atomic mass is 35.5. The van der Waals surface area contributed by atoms with Gasteiger partial charge in [-0.3, -0.25) is 10.1 Å². The number of nitrogens with zero attached hydrogens (tertiary/aromatic N) is 1. The monoisotopic (exact) mass is 472 g/mol. The third-order valence-electron chi connectivity index (χ3n) is 5.97. The van der Waals surface area contributed by atoms with Crippen LogP contribution in [0, 0.1) is 0 Å². The molecule has 1 N–H and O–H groups in total. The minimum atomic E-state index is -4.43. The van der Waals surface area contributed by atoms with Gasteiger partial charge in [0.1, 0.15) is 6.04 Å². The van der Waals surface area contributed by atoms with E-state index in [0.29, 0.717) is 23.7 Å². The van der Waals surface area contributed by atoms with E-state index < -0.39 is 17.8 Å². The number of hydrogen-bond acceptors (Lipinski definition) is 2. The molecule has 0 spiro atoms. The third kappa shape index (κ3) is 5.40. The number of benzene rings is 3. The van der Waals surface area contributed by atoms with Crippen LogP contribution in [-0.2, 0) is 17.5 Å². The molecule has 0 aliphatic carbocycles. The summed E-state index contributed by atoms with van der Waals surface area (Å²) in [7, 11) is 0. The van der Waals surface area contributed by atoms with Crippen molar-refractivity contribution in [1.82, 2.24) is 10.2 Å². The summed E-state index contributed by atoms with van der Waals surface area (Å²) < 4.78 is 39.2. The fourth-order valence-electron chi connectivity index (χ4n) is 4.29. The van der Waals surface area contributed by atoms with E-state index in [-0.39, 0.29) is 11.9 Å². The van der Waals surface area contributed by atoms with E-state index in [4.69, 9.17) is 11.6 Å². The molecular weight excluding hydrogens is 449 g/mol. The van der Waals surface area contributed by atoms with Gasteiger partial charge in [0.15, 0.2) is 0 Å². The molecular formula is C26H24ClF3N2O. The number of carbonyl (C=O) groups is 1. The first-order valence-electron chi connectivity index (χ1n) is 10.8. The normalized spacial score (nSPS) is 17.2. The van der Waals surface area contributed by atoms with Crippen molar-refractivity contribution in [1.29, 1.82) is 0 Å². The van der Waals surface area contributed by atoms with Gasteiger partial charge in [0.05, 0.1) is 11.6 Å². The molecule has 1 saturated heterocycles. The van der Waals surface area contributed by atoms with Crippen LogP contribution >= 0.6 is 11.6 Å². The molecule has 0 radical (unpaired) electrons. The van der Waals surface area contributed by atoms with Crippen molar-refractivity contribution in [3.8, 4) is 0 Å². The van der Waals surface area contributed by atoms with E-state index in [9.17, 15) is 18.0 Å². The second-order valence-electron chi connectivity index (χ2n) is 8.13. The lowest BCUT2D eigenvalue weighted by atomic mass is 10.0. The molecule has 3 aromatic rings. The van der Waals surface area contributed by atoms with Crippen molar-refractivity contribution in [2.24, 2.45) is 0 Å². The molecule has 0 saturated carbocycles. The zero-order valence-electron chi connectivity index (χ0n) is 17.9. The zero-order valence-corrected chi connectivity index (χ0v) is 18.6. The van der Waals surface area contributed by atoms with E-state index in [1.165, 1.54) is 12.1 Å². The highest BCUT2D eigenvalue weighted by Crippen LogP contribution is 2.38. The number of amides is 1. The quantitative estimate of drug-likeness (QED) is 0.441. The minimum absolute atomic E-state index is 0.165. The van der Waals surface area contributed by atoms with Crippen LogP contribution in [0.15, 0.2) is 78.9 Å². The highest BCUT2D eigenvalue weighted by Gasteiger charge is 2.36. The smallest absolute Gasteiger partial charge is 0.334 e. The molecule has 1 aliphatic rings. The molecule has 3 nitrogen and oxygen atoms in total. The molecule has 4 rings (SSSR count). The Labute approximate surface area is 196 Å². The van der Waals surface area contributed by atoms with E-state index in [0.717, 1.165) is 36.1 Å². The van der Waals surface area contributed by atoms with Crippen molar-refractivity contribution < 1.29 is 18.0 Å². The summed E-state index contributed by atoms with van der Waals surface area (Å²) in [5, 5.41) is 3.87. The number of hydrogen-bond donors (Lipinski definition) is 1. The fourth-order valence-corrected chi connectivity index (χ4v) is 4.55. The van der Waals surface area contributed by atoms with Gasteiger partial charge in [0, 0.05) is 18.1 Å². The second kappa shape index (κ2) is 9.98. The van der Waals surface area contributed by atoms with Gasteiger partial charge in [-0.25, -0.2) is 0 Å². The first kappa shape index (κ1) is 23.3. The Kier molecular flexibility index (Phi) is 7.05. The molecule has 1 heterocycles. The summed E-state index contributed by atoms with van der Waals surface area (Å²) in [4.78, 5) is 15.5. The SMILES string of the molecule is O=C(C(NCc1ccccc1)c1ccc(C(F)(F)F)cc1)N1CCCC1c1ccccc1Cl. The van der Waals surface area contributed by atoms with Gasteiger partial charge in [-0.1, -0.05) is 72.3 Å². The van der Waals surface area contributed by atoms with Gasteiger partial charge in [-0.2, -0.15) is 13.2 Å². The second-order valence-corrected chi connectivity index (χ2v) is 8.54. The number of halogens is 4. The number of nitrogens with one attached hydrogen (secondary N) is 1. The Morgan fingerprint density at radius 2 is 1.67 bits per heavy atom. The maximum atomic E-state index is 13.7. The van der Waals surface area contributed by atoms with Gasteiger partial charge in [0.25, 0.3) is 0 Å². The molecule has 2 unspecified atom stereocenters. The van der Waals surface area contributed by atoms with Gasteiger partial charge < -0.3 is 4.90 Å². The molecule has 172 valence electrons. The predicted molar refractivity (Wildman–Crippen MR) is 123 cm³/mol. The van der Waals surface area contributed by atoms with Crippen LogP contribution in [-0.4, -0.2) is 17.4 Å². The average Bonchev–Trinajstić information content (AvgIpc) is 3.29. The molecule has 2 atom stereocenters. The van der Waals surface area contributed by atoms with Gasteiger partial charge in [-0.05, 0) is 47.7 Å². The Hall–Kier alpha value is -2.83. The Balaban J connectivity index is 1.63. The molecule has 0 bridgehead atoms. The largest absolute Gasteiger partial charge is 0.416 e. The van der Waals surface area contributed by atoms with E-state index in [2.05, 4.69) is 5.32 Å². The molecule has 0 aromatic heterocycles. The first-order chi connectivity index (χ1) is 15.8. The van der Waals surface area contributed by atoms with E-state index >= 15 is 0 Å². The lowest BCUT2D eigenvalue weighted by Crippen LogP contribution is -2.40. The van der Waals surface area contributed by atoms with Crippen LogP contribution in [0.3, 0.4) is 0 Å². The van der Waals surface area contributed by atoms with Crippen molar-refractivity contribution in [3.05, 3.63) is 106 Å². The number of alkyl halides is 3. The zero-order chi connectivity index (χ0) is 23.4. The van der Waals surface area contributed by atoms with Crippen LogP contribution in [0.5, 0.6) is 0 Å². The Morgan fingerprint density at radius 1 is 1.00 bits per heavy atom. The molecule has 33 heavy (non-hydrogen) atoms. The van der Waals surface area contributed by atoms with Gasteiger partial charge in [-0.15, -0.1) is 0 Å². The number of rotatable bonds is 6. The van der Waals surface area contributed by atoms with Crippen molar-refractivity contribution in [2.75, 3.05) is 6.54 Å². The fraction of sp³-hybridized carbons (Fsp3) is 0.269. The van der Waals surface area contributed by atoms with E-state index in [1.54, 1.807) is 11.0 Å². The molecule has 1 amide bonds. The molecule has 1 aliphatic heterocycles. The Morgan fingerprint density at radius 3 is 2.33 bits per heavy atom. The van der Waals surface area contributed by atoms with E-state index in [1.807, 2.05) is 48.5 Å². The highest BCUT2D eigenvalue weighted by molar-refractivity contribution is 6.31. The summed E-state index contributed by atoms with van der Waals surface area (Å²) in [6, 6.07) is 20.9. The van der Waals surface area contributed by atoms with Crippen molar-refractivity contribution >= 4 is 17.5 Å². The number of likely N-dealkylation sites (tertiary alicyclic amines) is 1. The average molecular weight is 473 g/mol. The first-order valence-corrected chi connectivity index (χ1v) is 11.2. The lowest BCUT2D eigenvalue weighted by molar-refractivity contribution is -0.137. The van der Waals surface area contributed by atoms with Crippen LogP contribution in [0.4, 0.5) is 13.2 Å². The summed E-state index contributed by atoms with van der Waals surface area (Å²) >= 11 is 6.41. The van der Waals surface area contributed by atoms with Crippen molar-refractivity contribution in [3.63, 3.8) is 0 Å². The maximum absolute atomic E-state index is 13.7.